The van der Waals surface area contributed by atoms with Gasteiger partial charge in [0.1, 0.15) is 0 Å². The summed E-state index contributed by atoms with van der Waals surface area (Å²) in [7, 11) is -3.31. The van der Waals surface area contributed by atoms with E-state index in [0.717, 1.165) is 11.1 Å². The highest BCUT2D eigenvalue weighted by Crippen LogP contribution is 2.12. The van der Waals surface area contributed by atoms with Crippen molar-refractivity contribution in [2.24, 2.45) is 0 Å². The second-order valence-electron chi connectivity index (χ2n) is 5.19. The number of benzene rings is 2. The summed E-state index contributed by atoms with van der Waals surface area (Å²) in [6.07, 6.45) is 0. The van der Waals surface area contributed by atoms with Gasteiger partial charge in [0.25, 0.3) is 5.91 Å². The quantitative estimate of drug-likeness (QED) is 0.854. The van der Waals surface area contributed by atoms with Gasteiger partial charge in [0, 0.05) is 17.8 Å². The van der Waals surface area contributed by atoms with E-state index in [1.54, 1.807) is 31.2 Å². The van der Waals surface area contributed by atoms with Gasteiger partial charge in [0.15, 0.2) is 0 Å². The van der Waals surface area contributed by atoms with Gasteiger partial charge in [0.2, 0.25) is 10.0 Å². The van der Waals surface area contributed by atoms with E-state index < -0.39 is 10.0 Å². The topological polar surface area (TPSA) is 75.3 Å². The highest BCUT2D eigenvalue weighted by Gasteiger charge is 2.09. The fourth-order valence-electron chi connectivity index (χ4n) is 2.03. The lowest BCUT2D eigenvalue weighted by Crippen LogP contribution is -2.23. The normalized spacial score (nSPS) is 11.0. The zero-order valence-corrected chi connectivity index (χ0v) is 14.0. The summed E-state index contributed by atoms with van der Waals surface area (Å²) in [6.45, 7) is 4.02. The van der Waals surface area contributed by atoms with Crippen LogP contribution in [0.1, 0.15) is 28.4 Å². The highest BCUT2D eigenvalue weighted by atomic mass is 32.2. The number of aryl methyl sites for hydroxylation is 1. The van der Waals surface area contributed by atoms with Gasteiger partial charge in [-0.1, -0.05) is 24.3 Å². The lowest BCUT2D eigenvalue weighted by molar-refractivity contribution is 0.0951. The molecule has 1 amide bonds. The first-order valence-electron chi connectivity index (χ1n) is 7.34. The molecule has 23 heavy (non-hydrogen) atoms. The summed E-state index contributed by atoms with van der Waals surface area (Å²) < 4.78 is 25.4. The number of rotatable bonds is 6. The second kappa shape index (κ2) is 7.28. The average Bonchev–Trinajstić information content (AvgIpc) is 2.54. The minimum atomic E-state index is -3.31. The maximum Gasteiger partial charge on any atom is 0.251 e. The van der Waals surface area contributed by atoms with E-state index >= 15 is 0 Å². The molecule has 0 saturated carbocycles. The summed E-state index contributed by atoms with van der Waals surface area (Å²) in [5.74, 6) is -0.191. The summed E-state index contributed by atoms with van der Waals surface area (Å²) in [5.41, 5.74) is 3.12. The molecular weight excluding hydrogens is 312 g/mol. The Balaban J connectivity index is 1.99. The minimum absolute atomic E-state index is 0.00562. The summed E-state index contributed by atoms with van der Waals surface area (Å²) >= 11 is 0. The number of sulfonamides is 1. The Morgan fingerprint density at radius 2 is 1.70 bits per heavy atom. The largest absolute Gasteiger partial charge is 0.348 e. The first-order chi connectivity index (χ1) is 10.9. The maximum atomic E-state index is 12.1. The molecule has 0 heterocycles. The van der Waals surface area contributed by atoms with Crippen molar-refractivity contribution in [3.05, 3.63) is 65.2 Å². The van der Waals surface area contributed by atoms with Crippen molar-refractivity contribution in [3.63, 3.8) is 0 Å². The molecule has 0 aliphatic heterocycles. The molecule has 6 heteroatoms. The summed E-state index contributed by atoms with van der Waals surface area (Å²) in [5, 5.41) is 2.86. The summed E-state index contributed by atoms with van der Waals surface area (Å²) in [4.78, 5) is 12.1. The van der Waals surface area contributed by atoms with Gasteiger partial charge in [-0.15, -0.1) is 0 Å². The molecule has 2 aromatic carbocycles. The van der Waals surface area contributed by atoms with Crippen LogP contribution in [-0.4, -0.2) is 20.1 Å². The van der Waals surface area contributed by atoms with Crippen LogP contribution in [-0.2, 0) is 16.6 Å². The second-order valence-corrected chi connectivity index (χ2v) is 7.20. The van der Waals surface area contributed by atoms with Crippen molar-refractivity contribution in [1.82, 2.24) is 5.32 Å². The van der Waals surface area contributed by atoms with Crippen molar-refractivity contribution in [2.75, 3.05) is 10.5 Å². The molecule has 2 N–H and O–H groups in total. The SMILES string of the molecule is CCS(=O)(=O)Nc1ccc(C(=O)NCc2ccccc2C)cc1. The van der Waals surface area contributed by atoms with E-state index in [1.165, 1.54) is 0 Å². The van der Waals surface area contributed by atoms with Gasteiger partial charge >= 0.3 is 0 Å². The van der Waals surface area contributed by atoms with E-state index in [4.69, 9.17) is 0 Å². The lowest BCUT2D eigenvalue weighted by Gasteiger charge is -2.09. The number of carbonyl (C=O) groups is 1. The molecule has 2 rings (SSSR count). The molecule has 0 bridgehead atoms. The van der Waals surface area contributed by atoms with Crippen molar-refractivity contribution in [2.45, 2.75) is 20.4 Å². The van der Waals surface area contributed by atoms with Gasteiger partial charge in [-0.2, -0.15) is 0 Å². The molecule has 0 aliphatic rings. The highest BCUT2D eigenvalue weighted by molar-refractivity contribution is 7.92. The standard InChI is InChI=1S/C17H20N2O3S/c1-3-23(21,22)19-16-10-8-14(9-11-16)17(20)18-12-15-7-5-4-6-13(15)2/h4-11,19H,3,12H2,1-2H3,(H,18,20). The van der Waals surface area contributed by atoms with E-state index in [0.29, 0.717) is 17.8 Å². The van der Waals surface area contributed by atoms with Crippen LogP contribution < -0.4 is 10.0 Å². The number of amides is 1. The molecule has 0 aliphatic carbocycles. The molecule has 0 radical (unpaired) electrons. The lowest BCUT2D eigenvalue weighted by atomic mass is 10.1. The van der Waals surface area contributed by atoms with Crippen LogP contribution in [0.25, 0.3) is 0 Å². The van der Waals surface area contributed by atoms with Crippen molar-refractivity contribution < 1.29 is 13.2 Å². The number of nitrogens with one attached hydrogen (secondary N) is 2. The van der Waals surface area contributed by atoms with Gasteiger partial charge in [-0.3, -0.25) is 9.52 Å². The molecule has 0 spiro atoms. The first kappa shape index (κ1) is 17.0. The number of hydrogen-bond acceptors (Lipinski definition) is 3. The molecule has 0 unspecified atom stereocenters. The zero-order valence-electron chi connectivity index (χ0n) is 13.2. The van der Waals surface area contributed by atoms with E-state index in [9.17, 15) is 13.2 Å². The maximum absolute atomic E-state index is 12.1. The number of anilines is 1. The third kappa shape index (κ3) is 4.82. The summed E-state index contributed by atoms with van der Waals surface area (Å²) in [6, 6.07) is 14.2. The van der Waals surface area contributed by atoms with Crippen molar-refractivity contribution >= 4 is 21.6 Å². The fraction of sp³-hybridized carbons (Fsp3) is 0.235. The monoisotopic (exact) mass is 332 g/mol. The van der Waals surface area contributed by atoms with Crippen LogP contribution in [0.3, 0.4) is 0 Å². The van der Waals surface area contributed by atoms with Crippen molar-refractivity contribution in [1.29, 1.82) is 0 Å². The molecule has 0 atom stereocenters. The number of hydrogen-bond donors (Lipinski definition) is 2. The smallest absolute Gasteiger partial charge is 0.251 e. The Labute approximate surface area is 136 Å². The Morgan fingerprint density at radius 3 is 2.30 bits per heavy atom. The predicted octanol–water partition coefficient (Wildman–Crippen LogP) is 2.69. The van der Waals surface area contributed by atoms with Crippen LogP contribution in [0.2, 0.25) is 0 Å². The Bertz CT molecular complexity index is 784. The third-order valence-corrected chi connectivity index (χ3v) is 4.81. The van der Waals surface area contributed by atoms with Crippen LogP contribution >= 0.6 is 0 Å². The van der Waals surface area contributed by atoms with Gasteiger partial charge in [0.05, 0.1) is 5.75 Å². The molecule has 122 valence electrons. The Hall–Kier alpha value is -2.34. The minimum Gasteiger partial charge on any atom is -0.348 e. The van der Waals surface area contributed by atoms with Crippen LogP contribution in [0, 0.1) is 6.92 Å². The molecule has 2 aromatic rings. The molecule has 5 nitrogen and oxygen atoms in total. The molecular formula is C17H20N2O3S. The van der Waals surface area contributed by atoms with Crippen molar-refractivity contribution in [3.8, 4) is 0 Å². The molecule has 0 fully saturated rings. The third-order valence-electron chi connectivity index (χ3n) is 3.50. The van der Waals surface area contributed by atoms with Crippen LogP contribution in [0.4, 0.5) is 5.69 Å². The Morgan fingerprint density at radius 1 is 1.04 bits per heavy atom. The van der Waals surface area contributed by atoms with Gasteiger partial charge < -0.3 is 5.32 Å². The molecule has 0 saturated heterocycles. The average molecular weight is 332 g/mol. The van der Waals surface area contributed by atoms with E-state index in [-0.39, 0.29) is 11.7 Å². The van der Waals surface area contributed by atoms with Crippen LogP contribution in [0.5, 0.6) is 0 Å². The number of carbonyl (C=O) groups excluding carboxylic acids is 1. The predicted molar refractivity (Wildman–Crippen MR) is 91.9 cm³/mol. The van der Waals surface area contributed by atoms with Gasteiger partial charge in [-0.25, -0.2) is 8.42 Å². The zero-order chi connectivity index (χ0) is 16.9. The van der Waals surface area contributed by atoms with E-state index in [1.807, 2.05) is 31.2 Å². The fourth-order valence-corrected chi connectivity index (χ4v) is 2.67. The van der Waals surface area contributed by atoms with E-state index in [2.05, 4.69) is 10.0 Å². The molecule has 0 aromatic heterocycles. The van der Waals surface area contributed by atoms with Crippen LogP contribution in [0.15, 0.2) is 48.5 Å². The van der Waals surface area contributed by atoms with Gasteiger partial charge in [-0.05, 0) is 49.2 Å². The first-order valence-corrected chi connectivity index (χ1v) is 9.00. The Kier molecular flexibility index (Phi) is 5.39.